The molecule has 0 spiro atoms. The molecule has 1 aromatic heterocycles. The van der Waals surface area contributed by atoms with Gasteiger partial charge in [-0.15, -0.1) is 12.4 Å². The first-order valence-electron chi connectivity index (χ1n) is 3.15. The van der Waals surface area contributed by atoms with Crippen LogP contribution in [0.4, 0.5) is 0 Å². The highest BCUT2D eigenvalue weighted by Gasteiger charge is 1.96. The fourth-order valence-corrected chi connectivity index (χ4v) is 1.34. The standard InChI is InChI=1S/C6H11N3S.ClH/c1-9-4-3-8-6(9)10-5-2-7;/h3-4H,2,5,7H2,1H3;1H. The molecule has 0 aliphatic heterocycles. The summed E-state index contributed by atoms with van der Waals surface area (Å²) < 4.78 is 1.99. The predicted octanol–water partition coefficient (Wildman–Crippen LogP) is 0.893. The van der Waals surface area contributed by atoms with Crippen molar-refractivity contribution in [3.05, 3.63) is 12.4 Å². The monoisotopic (exact) mass is 193 g/mol. The Kier molecular flexibility index (Phi) is 5.36. The van der Waals surface area contributed by atoms with Gasteiger partial charge >= 0.3 is 0 Å². The third-order valence-corrected chi connectivity index (χ3v) is 2.22. The van der Waals surface area contributed by atoms with Crippen molar-refractivity contribution in [1.29, 1.82) is 0 Å². The average Bonchev–Trinajstić information content (AvgIpc) is 2.31. The van der Waals surface area contributed by atoms with E-state index in [1.54, 1.807) is 18.0 Å². The van der Waals surface area contributed by atoms with Gasteiger partial charge in [0.05, 0.1) is 0 Å². The summed E-state index contributed by atoms with van der Waals surface area (Å²) in [6, 6.07) is 0. The lowest BCUT2D eigenvalue weighted by Crippen LogP contribution is -2.02. The molecule has 0 amide bonds. The van der Waals surface area contributed by atoms with Crippen molar-refractivity contribution in [2.75, 3.05) is 12.3 Å². The van der Waals surface area contributed by atoms with Crippen LogP contribution in [-0.2, 0) is 7.05 Å². The molecular weight excluding hydrogens is 182 g/mol. The summed E-state index contributed by atoms with van der Waals surface area (Å²) in [6.07, 6.45) is 3.72. The van der Waals surface area contributed by atoms with Crippen molar-refractivity contribution in [2.24, 2.45) is 12.8 Å². The summed E-state index contributed by atoms with van der Waals surface area (Å²) in [5.41, 5.74) is 5.34. The zero-order valence-electron chi connectivity index (χ0n) is 6.36. The summed E-state index contributed by atoms with van der Waals surface area (Å²) >= 11 is 1.68. The van der Waals surface area contributed by atoms with E-state index in [9.17, 15) is 0 Å². The molecule has 0 unspecified atom stereocenters. The van der Waals surface area contributed by atoms with Crippen LogP contribution in [0.1, 0.15) is 0 Å². The third-order valence-electron chi connectivity index (χ3n) is 1.13. The van der Waals surface area contributed by atoms with Crippen molar-refractivity contribution in [2.45, 2.75) is 5.16 Å². The number of nitrogens with zero attached hydrogens (tertiary/aromatic N) is 2. The molecule has 0 bridgehead atoms. The van der Waals surface area contributed by atoms with Crippen LogP contribution in [-0.4, -0.2) is 21.8 Å². The molecule has 0 saturated carbocycles. The van der Waals surface area contributed by atoms with Gasteiger partial charge in [-0.2, -0.15) is 0 Å². The molecule has 0 aromatic carbocycles. The number of rotatable bonds is 3. The maximum atomic E-state index is 5.34. The van der Waals surface area contributed by atoms with Crippen molar-refractivity contribution in [3.63, 3.8) is 0 Å². The second-order valence-corrected chi connectivity index (χ2v) is 3.02. The number of aromatic nitrogens is 2. The molecule has 1 rings (SSSR count). The number of imidazole rings is 1. The quantitative estimate of drug-likeness (QED) is 0.726. The highest BCUT2D eigenvalue weighted by atomic mass is 35.5. The van der Waals surface area contributed by atoms with Gasteiger partial charge in [-0.3, -0.25) is 0 Å². The SMILES string of the molecule is Cl.Cn1ccnc1SCCN. The first-order valence-corrected chi connectivity index (χ1v) is 4.13. The van der Waals surface area contributed by atoms with Gasteiger partial charge in [0.2, 0.25) is 0 Å². The van der Waals surface area contributed by atoms with Crippen molar-refractivity contribution in [3.8, 4) is 0 Å². The number of hydrogen-bond donors (Lipinski definition) is 1. The van der Waals surface area contributed by atoms with Gasteiger partial charge in [-0.25, -0.2) is 4.98 Å². The Labute approximate surface area is 76.8 Å². The van der Waals surface area contributed by atoms with Gasteiger partial charge in [0, 0.05) is 31.7 Å². The van der Waals surface area contributed by atoms with E-state index in [2.05, 4.69) is 4.98 Å². The van der Waals surface area contributed by atoms with E-state index in [1.165, 1.54) is 0 Å². The van der Waals surface area contributed by atoms with Crippen LogP contribution in [0.15, 0.2) is 17.6 Å². The zero-order valence-corrected chi connectivity index (χ0v) is 7.99. The van der Waals surface area contributed by atoms with Gasteiger partial charge in [-0.05, 0) is 0 Å². The molecule has 0 aliphatic rings. The Morgan fingerprint density at radius 1 is 1.73 bits per heavy atom. The second-order valence-electron chi connectivity index (χ2n) is 1.96. The lowest BCUT2D eigenvalue weighted by molar-refractivity contribution is 0.790. The zero-order chi connectivity index (χ0) is 7.40. The number of hydrogen-bond acceptors (Lipinski definition) is 3. The van der Waals surface area contributed by atoms with Crippen LogP contribution in [0.25, 0.3) is 0 Å². The Morgan fingerprint density at radius 3 is 2.91 bits per heavy atom. The maximum Gasteiger partial charge on any atom is 0.167 e. The fourth-order valence-electron chi connectivity index (χ4n) is 0.641. The van der Waals surface area contributed by atoms with E-state index >= 15 is 0 Å². The highest BCUT2D eigenvalue weighted by molar-refractivity contribution is 7.99. The van der Waals surface area contributed by atoms with Gasteiger partial charge in [-0.1, -0.05) is 11.8 Å². The Morgan fingerprint density at radius 2 is 2.45 bits per heavy atom. The molecule has 2 N–H and O–H groups in total. The van der Waals surface area contributed by atoms with Crippen molar-refractivity contribution >= 4 is 24.2 Å². The number of thioether (sulfide) groups is 1. The fraction of sp³-hybridized carbons (Fsp3) is 0.500. The first kappa shape index (κ1) is 10.8. The van der Waals surface area contributed by atoms with E-state index < -0.39 is 0 Å². The van der Waals surface area contributed by atoms with Crippen molar-refractivity contribution < 1.29 is 0 Å². The minimum atomic E-state index is 0. The highest BCUT2D eigenvalue weighted by Crippen LogP contribution is 2.12. The Balaban J connectivity index is 0.000001000. The first-order chi connectivity index (χ1) is 4.84. The normalized spacial score (nSPS) is 9.27. The van der Waals surface area contributed by atoms with Crippen LogP contribution < -0.4 is 5.73 Å². The van der Waals surface area contributed by atoms with Crippen LogP contribution in [0, 0.1) is 0 Å². The molecule has 0 saturated heterocycles. The smallest absolute Gasteiger partial charge is 0.167 e. The van der Waals surface area contributed by atoms with E-state index in [1.807, 2.05) is 17.8 Å². The van der Waals surface area contributed by atoms with Crippen LogP contribution in [0.3, 0.4) is 0 Å². The van der Waals surface area contributed by atoms with Crippen LogP contribution in [0.5, 0.6) is 0 Å². The number of nitrogens with two attached hydrogens (primary N) is 1. The summed E-state index contributed by atoms with van der Waals surface area (Å²) in [7, 11) is 1.98. The predicted molar refractivity (Wildman–Crippen MR) is 50.2 cm³/mol. The summed E-state index contributed by atoms with van der Waals surface area (Å²) in [6.45, 7) is 0.706. The van der Waals surface area contributed by atoms with E-state index in [0.717, 1.165) is 10.9 Å². The Bertz CT molecular complexity index is 201. The topological polar surface area (TPSA) is 43.8 Å². The van der Waals surface area contributed by atoms with E-state index in [-0.39, 0.29) is 12.4 Å². The van der Waals surface area contributed by atoms with Gasteiger partial charge in [0.1, 0.15) is 0 Å². The lowest BCUT2D eigenvalue weighted by Gasteiger charge is -1.97. The summed E-state index contributed by atoms with van der Waals surface area (Å²) in [5.74, 6) is 0.935. The number of halogens is 1. The minimum Gasteiger partial charge on any atom is -0.330 e. The molecule has 3 nitrogen and oxygen atoms in total. The molecular formula is C6H12ClN3S. The largest absolute Gasteiger partial charge is 0.330 e. The van der Waals surface area contributed by atoms with Crippen LogP contribution >= 0.6 is 24.2 Å². The number of aryl methyl sites for hydroxylation is 1. The van der Waals surface area contributed by atoms with E-state index in [4.69, 9.17) is 5.73 Å². The third kappa shape index (κ3) is 3.14. The molecule has 5 heteroatoms. The molecule has 64 valence electrons. The molecule has 0 radical (unpaired) electrons. The van der Waals surface area contributed by atoms with E-state index in [0.29, 0.717) is 6.54 Å². The molecule has 0 fully saturated rings. The van der Waals surface area contributed by atoms with Crippen molar-refractivity contribution in [1.82, 2.24) is 9.55 Å². The minimum absolute atomic E-state index is 0. The molecule has 0 atom stereocenters. The maximum absolute atomic E-state index is 5.34. The van der Waals surface area contributed by atoms with Crippen LogP contribution in [0.2, 0.25) is 0 Å². The molecule has 11 heavy (non-hydrogen) atoms. The summed E-state index contributed by atoms with van der Waals surface area (Å²) in [5, 5.41) is 1.03. The lowest BCUT2D eigenvalue weighted by atomic mass is 10.8. The summed E-state index contributed by atoms with van der Waals surface area (Å²) in [4.78, 5) is 4.12. The average molecular weight is 194 g/mol. The van der Waals surface area contributed by atoms with Gasteiger partial charge in [0.15, 0.2) is 5.16 Å². The van der Waals surface area contributed by atoms with Gasteiger partial charge in [0.25, 0.3) is 0 Å². The molecule has 0 aliphatic carbocycles. The Hall–Kier alpha value is -0.190. The molecule has 1 heterocycles. The van der Waals surface area contributed by atoms with Gasteiger partial charge < -0.3 is 10.3 Å². The second kappa shape index (κ2) is 5.46. The molecule has 1 aromatic rings.